The molecule has 0 aromatic carbocycles. The van der Waals surface area contributed by atoms with Gasteiger partial charge in [0.05, 0.1) is 0 Å². The molecule has 134 valence electrons. The van der Waals surface area contributed by atoms with Crippen LogP contribution >= 0.6 is 0 Å². The van der Waals surface area contributed by atoms with Crippen LogP contribution in [0.5, 0.6) is 0 Å². The van der Waals surface area contributed by atoms with Crippen molar-refractivity contribution in [2.45, 2.75) is 66.2 Å². The zero-order chi connectivity index (χ0) is 18.5. The molecule has 0 bridgehead atoms. The number of likely N-dealkylation sites (N-methyl/N-ethyl adjacent to an activating group) is 1. The number of nitrogens with one attached hydrogen (secondary N) is 1. The quantitative estimate of drug-likeness (QED) is 0.777. The molecule has 0 heterocycles. The SMILES string of the molecule is CC(C)[C@H](NC(=O)[C@H](C(C)C)N(C)C(=O)OC(C)(C)C)C(=O)O. The highest BCUT2D eigenvalue weighted by atomic mass is 16.6. The van der Waals surface area contributed by atoms with Gasteiger partial charge in [0.2, 0.25) is 5.91 Å². The number of hydrogen-bond donors (Lipinski definition) is 2. The summed E-state index contributed by atoms with van der Waals surface area (Å²) in [7, 11) is 1.48. The molecule has 0 aliphatic rings. The van der Waals surface area contributed by atoms with E-state index in [4.69, 9.17) is 4.74 Å². The normalized spacial score (nSPS) is 14.3. The van der Waals surface area contributed by atoms with Crippen LogP contribution in [-0.2, 0) is 14.3 Å². The molecular weight excluding hydrogens is 300 g/mol. The lowest BCUT2D eigenvalue weighted by Crippen LogP contribution is -2.55. The number of carboxylic acids is 1. The Morgan fingerprint density at radius 1 is 1.04 bits per heavy atom. The third-order valence-corrected chi connectivity index (χ3v) is 3.23. The van der Waals surface area contributed by atoms with Crippen LogP contribution < -0.4 is 5.32 Å². The van der Waals surface area contributed by atoms with Gasteiger partial charge in [0.15, 0.2) is 0 Å². The molecule has 0 saturated carbocycles. The average molecular weight is 330 g/mol. The van der Waals surface area contributed by atoms with E-state index in [1.165, 1.54) is 11.9 Å². The second-order valence-corrected chi connectivity index (χ2v) is 7.35. The van der Waals surface area contributed by atoms with Gasteiger partial charge >= 0.3 is 12.1 Å². The van der Waals surface area contributed by atoms with Gasteiger partial charge in [-0.2, -0.15) is 0 Å². The number of rotatable bonds is 6. The van der Waals surface area contributed by atoms with E-state index in [9.17, 15) is 19.5 Å². The van der Waals surface area contributed by atoms with Gasteiger partial charge in [0, 0.05) is 7.05 Å². The Morgan fingerprint density at radius 3 is 1.83 bits per heavy atom. The molecule has 23 heavy (non-hydrogen) atoms. The van der Waals surface area contributed by atoms with E-state index in [-0.39, 0.29) is 11.8 Å². The first kappa shape index (κ1) is 21.2. The van der Waals surface area contributed by atoms with Crippen molar-refractivity contribution in [3.05, 3.63) is 0 Å². The molecule has 0 rings (SSSR count). The van der Waals surface area contributed by atoms with E-state index < -0.39 is 35.7 Å². The van der Waals surface area contributed by atoms with E-state index in [2.05, 4.69) is 5.32 Å². The Bertz CT molecular complexity index is 440. The van der Waals surface area contributed by atoms with Crippen molar-refractivity contribution < 1.29 is 24.2 Å². The standard InChI is InChI=1S/C16H30N2O5/c1-9(2)11(14(20)21)17-13(19)12(10(3)4)18(8)15(22)23-16(5,6)7/h9-12H,1-8H3,(H,17,19)(H,20,21)/t11-,12-/m0/s1. The summed E-state index contributed by atoms with van der Waals surface area (Å²) < 4.78 is 5.27. The average Bonchev–Trinajstić information content (AvgIpc) is 2.32. The lowest BCUT2D eigenvalue weighted by Gasteiger charge is -2.33. The summed E-state index contributed by atoms with van der Waals surface area (Å²) in [5.41, 5.74) is -0.676. The molecule has 2 N–H and O–H groups in total. The zero-order valence-electron chi connectivity index (χ0n) is 15.3. The van der Waals surface area contributed by atoms with Gasteiger partial charge in [-0.25, -0.2) is 9.59 Å². The fraction of sp³-hybridized carbons (Fsp3) is 0.812. The fourth-order valence-corrected chi connectivity index (χ4v) is 2.13. The first-order valence-electron chi connectivity index (χ1n) is 7.77. The molecule has 7 nitrogen and oxygen atoms in total. The smallest absolute Gasteiger partial charge is 0.410 e. The summed E-state index contributed by atoms with van der Waals surface area (Å²) in [4.78, 5) is 37.1. The Morgan fingerprint density at radius 2 is 1.52 bits per heavy atom. The van der Waals surface area contributed by atoms with Gasteiger partial charge in [-0.3, -0.25) is 9.69 Å². The summed E-state index contributed by atoms with van der Waals surface area (Å²) >= 11 is 0. The number of carbonyl (C=O) groups is 3. The van der Waals surface area contributed by atoms with Gasteiger partial charge in [-0.1, -0.05) is 27.7 Å². The van der Waals surface area contributed by atoms with Crippen LogP contribution in [0.3, 0.4) is 0 Å². The molecule has 0 radical (unpaired) electrons. The third kappa shape index (κ3) is 6.88. The van der Waals surface area contributed by atoms with E-state index in [0.717, 1.165) is 0 Å². The Kier molecular flexibility index (Phi) is 7.54. The molecule has 0 aliphatic carbocycles. The third-order valence-electron chi connectivity index (χ3n) is 3.23. The second kappa shape index (κ2) is 8.17. The van der Waals surface area contributed by atoms with Gasteiger partial charge in [-0.05, 0) is 32.6 Å². The maximum Gasteiger partial charge on any atom is 0.410 e. The number of amides is 2. The molecule has 7 heteroatoms. The van der Waals surface area contributed by atoms with Crippen molar-refractivity contribution in [1.29, 1.82) is 0 Å². The molecule has 0 aromatic rings. The predicted octanol–water partition coefficient (Wildman–Crippen LogP) is 2.10. The summed E-state index contributed by atoms with van der Waals surface area (Å²) in [5.74, 6) is -2.07. The lowest BCUT2D eigenvalue weighted by molar-refractivity contribution is -0.144. The molecule has 0 spiro atoms. The van der Waals surface area contributed by atoms with Crippen LogP contribution in [0.25, 0.3) is 0 Å². The van der Waals surface area contributed by atoms with Crippen LogP contribution in [0.4, 0.5) is 4.79 Å². The first-order chi connectivity index (χ1) is 10.3. The topological polar surface area (TPSA) is 95.9 Å². The monoisotopic (exact) mass is 330 g/mol. The molecule has 2 atom stereocenters. The van der Waals surface area contributed by atoms with E-state index in [0.29, 0.717) is 0 Å². The minimum Gasteiger partial charge on any atom is -0.480 e. The minimum absolute atomic E-state index is 0.200. The van der Waals surface area contributed by atoms with Crippen LogP contribution in [0.2, 0.25) is 0 Å². The van der Waals surface area contributed by atoms with Crippen LogP contribution in [0.1, 0.15) is 48.5 Å². The van der Waals surface area contributed by atoms with E-state index in [1.54, 1.807) is 48.5 Å². The molecular formula is C16H30N2O5. The fourth-order valence-electron chi connectivity index (χ4n) is 2.13. The van der Waals surface area contributed by atoms with Crippen molar-refractivity contribution in [3.8, 4) is 0 Å². The summed E-state index contributed by atoms with van der Waals surface area (Å²) in [6.45, 7) is 12.2. The molecule has 0 saturated heterocycles. The number of carbonyl (C=O) groups excluding carboxylic acids is 2. The Balaban J connectivity index is 5.21. The first-order valence-corrected chi connectivity index (χ1v) is 7.77. The van der Waals surface area contributed by atoms with Crippen LogP contribution in [-0.4, -0.2) is 52.7 Å². The van der Waals surface area contributed by atoms with Gasteiger partial charge < -0.3 is 15.2 Å². The van der Waals surface area contributed by atoms with Crippen molar-refractivity contribution in [1.82, 2.24) is 10.2 Å². The largest absolute Gasteiger partial charge is 0.480 e. The molecule has 0 aliphatic heterocycles. The highest BCUT2D eigenvalue weighted by molar-refractivity contribution is 5.89. The van der Waals surface area contributed by atoms with Crippen LogP contribution in [0.15, 0.2) is 0 Å². The second-order valence-electron chi connectivity index (χ2n) is 7.35. The maximum absolute atomic E-state index is 12.5. The highest BCUT2D eigenvalue weighted by Gasteiger charge is 2.35. The van der Waals surface area contributed by atoms with Gasteiger partial charge in [0.25, 0.3) is 0 Å². The van der Waals surface area contributed by atoms with Crippen LogP contribution in [0, 0.1) is 11.8 Å². The van der Waals surface area contributed by atoms with E-state index >= 15 is 0 Å². The summed E-state index contributed by atoms with van der Waals surface area (Å²) in [5, 5.41) is 11.7. The number of hydrogen-bond acceptors (Lipinski definition) is 4. The Hall–Kier alpha value is -1.79. The molecule has 0 aromatic heterocycles. The molecule has 2 amide bonds. The summed E-state index contributed by atoms with van der Waals surface area (Å²) in [6, 6.07) is -1.82. The van der Waals surface area contributed by atoms with Gasteiger partial charge in [0.1, 0.15) is 17.7 Å². The Labute approximate surface area is 138 Å². The molecule has 0 fully saturated rings. The predicted molar refractivity (Wildman–Crippen MR) is 87.0 cm³/mol. The minimum atomic E-state index is -1.10. The number of carboxylic acid groups (broad SMARTS) is 1. The number of aliphatic carboxylic acids is 1. The maximum atomic E-state index is 12.5. The number of ether oxygens (including phenoxy) is 1. The van der Waals surface area contributed by atoms with Crippen molar-refractivity contribution in [2.75, 3.05) is 7.05 Å². The lowest BCUT2D eigenvalue weighted by atomic mass is 9.99. The summed E-state index contributed by atoms with van der Waals surface area (Å²) in [6.07, 6.45) is -0.622. The number of nitrogens with zero attached hydrogens (tertiary/aromatic N) is 1. The molecule has 0 unspecified atom stereocenters. The van der Waals surface area contributed by atoms with Crippen molar-refractivity contribution in [3.63, 3.8) is 0 Å². The zero-order valence-corrected chi connectivity index (χ0v) is 15.3. The van der Waals surface area contributed by atoms with Crippen molar-refractivity contribution >= 4 is 18.0 Å². The highest BCUT2D eigenvalue weighted by Crippen LogP contribution is 2.16. The van der Waals surface area contributed by atoms with E-state index in [1.807, 2.05) is 0 Å². The van der Waals surface area contributed by atoms with Gasteiger partial charge in [-0.15, -0.1) is 0 Å². The van der Waals surface area contributed by atoms with Crippen molar-refractivity contribution in [2.24, 2.45) is 11.8 Å².